The second-order valence-electron chi connectivity index (χ2n) is 10.0. The van der Waals surface area contributed by atoms with Crippen LogP contribution in [0.1, 0.15) is 77.4 Å². The molecular formula is C30H41NO4. The molecule has 1 atom stereocenters. The number of carbonyl (C=O) groups excluding carboxylic acids is 1. The van der Waals surface area contributed by atoms with Crippen molar-refractivity contribution in [2.24, 2.45) is 5.41 Å². The van der Waals surface area contributed by atoms with Crippen molar-refractivity contribution in [2.75, 3.05) is 26.2 Å². The zero-order valence-electron chi connectivity index (χ0n) is 22.2. The molecule has 0 aliphatic rings. The molecule has 0 aliphatic carbocycles. The monoisotopic (exact) mass is 479 g/mol. The summed E-state index contributed by atoms with van der Waals surface area (Å²) in [6.07, 6.45) is 2.31. The Hall–Kier alpha value is -2.79. The fourth-order valence-electron chi connectivity index (χ4n) is 4.08. The number of esters is 1. The van der Waals surface area contributed by atoms with Crippen molar-refractivity contribution in [3.8, 4) is 5.75 Å². The first-order valence-electron chi connectivity index (χ1n) is 12.9. The molecule has 0 N–H and O–H groups in total. The van der Waals surface area contributed by atoms with Gasteiger partial charge in [0.2, 0.25) is 0 Å². The van der Waals surface area contributed by atoms with Crippen molar-refractivity contribution in [1.82, 2.24) is 4.90 Å². The number of ether oxygens (including phenoxy) is 2. The molecule has 0 bridgehead atoms. The molecule has 0 saturated heterocycles. The Morgan fingerprint density at radius 1 is 1.00 bits per heavy atom. The Morgan fingerprint density at radius 2 is 1.69 bits per heavy atom. The number of nitrogens with zero attached hydrogens (tertiary/aromatic N) is 1. The van der Waals surface area contributed by atoms with Crippen LogP contribution in [0.25, 0.3) is 11.0 Å². The first kappa shape index (κ1) is 26.8. The van der Waals surface area contributed by atoms with Crippen molar-refractivity contribution in [3.63, 3.8) is 0 Å². The van der Waals surface area contributed by atoms with E-state index in [1.165, 1.54) is 0 Å². The molecule has 0 saturated carbocycles. The molecule has 0 fully saturated rings. The summed E-state index contributed by atoms with van der Waals surface area (Å²) in [7, 11) is 0. The lowest BCUT2D eigenvalue weighted by atomic mass is 9.94. The summed E-state index contributed by atoms with van der Waals surface area (Å²) in [6.45, 7) is 15.7. The molecule has 1 heterocycles. The predicted molar refractivity (Wildman–Crippen MR) is 142 cm³/mol. The Labute approximate surface area is 210 Å². The van der Waals surface area contributed by atoms with Gasteiger partial charge < -0.3 is 18.8 Å². The van der Waals surface area contributed by atoms with E-state index >= 15 is 0 Å². The molecule has 5 nitrogen and oxygen atoms in total. The predicted octanol–water partition coefficient (Wildman–Crippen LogP) is 7.17. The summed E-state index contributed by atoms with van der Waals surface area (Å²) in [5.74, 6) is 1.46. The van der Waals surface area contributed by atoms with Crippen molar-refractivity contribution in [1.29, 1.82) is 0 Å². The van der Waals surface area contributed by atoms with E-state index in [0.717, 1.165) is 72.5 Å². The van der Waals surface area contributed by atoms with Gasteiger partial charge in [-0.1, -0.05) is 57.5 Å². The average molecular weight is 480 g/mol. The summed E-state index contributed by atoms with van der Waals surface area (Å²) in [4.78, 5) is 15.4. The second-order valence-corrected chi connectivity index (χ2v) is 10.0. The molecule has 1 aromatic heterocycles. The topological polar surface area (TPSA) is 51.9 Å². The smallest absolute Gasteiger partial charge is 0.312 e. The number of para-hydroxylation sites is 1. The van der Waals surface area contributed by atoms with Gasteiger partial charge in [0.15, 0.2) is 6.10 Å². The summed E-state index contributed by atoms with van der Waals surface area (Å²) in [6, 6.07) is 15.9. The molecule has 190 valence electrons. The fourth-order valence-corrected chi connectivity index (χ4v) is 4.08. The largest absolute Gasteiger partial charge is 0.492 e. The third-order valence-corrected chi connectivity index (χ3v) is 6.32. The van der Waals surface area contributed by atoms with Crippen LogP contribution in [0.5, 0.6) is 5.75 Å². The minimum atomic E-state index is -0.616. The van der Waals surface area contributed by atoms with Gasteiger partial charge in [-0.2, -0.15) is 0 Å². The maximum atomic E-state index is 13.1. The SMILES string of the molecule is CCCCc1oc2ccccc2c1C(OC(=O)C(C)(C)C)c1ccc(OCCN(CC)CC)cc1. The minimum absolute atomic E-state index is 0.242. The number of unbranched alkanes of at least 4 members (excludes halogenated alkanes) is 1. The number of hydrogen-bond donors (Lipinski definition) is 0. The van der Waals surface area contributed by atoms with Crippen molar-refractivity contribution < 1.29 is 18.7 Å². The highest BCUT2D eigenvalue weighted by atomic mass is 16.5. The molecule has 1 unspecified atom stereocenters. The minimum Gasteiger partial charge on any atom is -0.492 e. The van der Waals surface area contributed by atoms with Gasteiger partial charge >= 0.3 is 5.97 Å². The molecule has 5 heteroatoms. The molecule has 0 amide bonds. The van der Waals surface area contributed by atoms with E-state index in [0.29, 0.717) is 6.61 Å². The van der Waals surface area contributed by atoms with Gasteiger partial charge in [0.1, 0.15) is 23.7 Å². The van der Waals surface area contributed by atoms with Crippen LogP contribution in [-0.2, 0) is 16.0 Å². The fraction of sp³-hybridized carbons (Fsp3) is 0.500. The van der Waals surface area contributed by atoms with Gasteiger partial charge in [0.25, 0.3) is 0 Å². The van der Waals surface area contributed by atoms with Crippen LogP contribution in [0.3, 0.4) is 0 Å². The Balaban J connectivity index is 1.95. The van der Waals surface area contributed by atoms with Crippen LogP contribution in [0, 0.1) is 5.41 Å². The van der Waals surface area contributed by atoms with Crippen molar-refractivity contribution in [3.05, 3.63) is 65.4 Å². The Morgan fingerprint density at radius 3 is 2.31 bits per heavy atom. The average Bonchev–Trinajstić information content (AvgIpc) is 3.21. The first-order chi connectivity index (χ1) is 16.8. The lowest BCUT2D eigenvalue weighted by Crippen LogP contribution is -2.27. The number of hydrogen-bond acceptors (Lipinski definition) is 5. The van der Waals surface area contributed by atoms with E-state index in [2.05, 4.69) is 25.7 Å². The van der Waals surface area contributed by atoms with Crippen molar-refractivity contribution >= 4 is 16.9 Å². The lowest BCUT2D eigenvalue weighted by molar-refractivity contribution is -0.157. The van der Waals surface area contributed by atoms with Gasteiger partial charge in [-0.3, -0.25) is 4.79 Å². The standard InChI is InChI=1S/C30H41NO4/c1-7-10-14-26-27(24-13-11-12-15-25(24)34-26)28(35-29(32)30(4,5)6)22-16-18-23(19-17-22)33-21-20-31(8-2)9-3/h11-13,15-19,28H,7-10,14,20-21H2,1-6H3. The summed E-state index contributed by atoms with van der Waals surface area (Å²) in [5.41, 5.74) is 2.06. The summed E-state index contributed by atoms with van der Waals surface area (Å²) < 4.78 is 18.5. The van der Waals surface area contributed by atoms with E-state index in [4.69, 9.17) is 13.9 Å². The maximum Gasteiger partial charge on any atom is 0.312 e. The van der Waals surface area contributed by atoms with E-state index in [-0.39, 0.29) is 5.97 Å². The van der Waals surface area contributed by atoms with Crippen LogP contribution in [0.2, 0.25) is 0 Å². The molecular weight excluding hydrogens is 438 g/mol. The maximum absolute atomic E-state index is 13.1. The van der Waals surface area contributed by atoms with Gasteiger partial charge in [0.05, 0.1) is 5.41 Å². The number of fused-ring (bicyclic) bond motifs is 1. The Bertz CT molecular complexity index is 1070. The van der Waals surface area contributed by atoms with Gasteiger partial charge in [0, 0.05) is 23.9 Å². The number of rotatable bonds is 12. The van der Waals surface area contributed by atoms with Crippen LogP contribution in [0.15, 0.2) is 52.9 Å². The molecule has 3 rings (SSSR count). The molecule has 3 aromatic rings. The molecule has 0 aliphatic heterocycles. The zero-order chi connectivity index (χ0) is 25.4. The third kappa shape index (κ3) is 6.88. The highest BCUT2D eigenvalue weighted by Gasteiger charge is 2.31. The first-order valence-corrected chi connectivity index (χ1v) is 12.9. The van der Waals surface area contributed by atoms with E-state index < -0.39 is 11.5 Å². The number of benzene rings is 2. The third-order valence-electron chi connectivity index (χ3n) is 6.32. The van der Waals surface area contributed by atoms with Crippen LogP contribution >= 0.6 is 0 Å². The van der Waals surface area contributed by atoms with Gasteiger partial charge in [-0.25, -0.2) is 0 Å². The highest BCUT2D eigenvalue weighted by Crippen LogP contribution is 2.39. The number of furan rings is 1. The van der Waals surface area contributed by atoms with E-state index in [1.807, 2.05) is 69.3 Å². The quantitative estimate of drug-likeness (QED) is 0.258. The van der Waals surface area contributed by atoms with Gasteiger partial charge in [-0.15, -0.1) is 0 Å². The van der Waals surface area contributed by atoms with Crippen LogP contribution in [0.4, 0.5) is 0 Å². The number of carbonyl (C=O) groups is 1. The number of likely N-dealkylation sites (N-methyl/N-ethyl adjacent to an activating group) is 1. The van der Waals surface area contributed by atoms with Crippen molar-refractivity contribution in [2.45, 2.75) is 66.9 Å². The summed E-state index contributed by atoms with van der Waals surface area (Å²) >= 11 is 0. The van der Waals surface area contributed by atoms with E-state index in [9.17, 15) is 4.79 Å². The normalized spacial score (nSPS) is 12.8. The number of aryl methyl sites for hydroxylation is 1. The zero-order valence-corrected chi connectivity index (χ0v) is 22.2. The molecule has 2 aromatic carbocycles. The molecule has 0 radical (unpaired) electrons. The molecule has 35 heavy (non-hydrogen) atoms. The second kappa shape index (κ2) is 12.3. The highest BCUT2D eigenvalue weighted by molar-refractivity contribution is 5.84. The van der Waals surface area contributed by atoms with Gasteiger partial charge in [-0.05, 0) is 64.0 Å². The lowest BCUT2D eigenvalue weighted by Gasteiger charge is -2.24. The van der Waals surface area contributed by atoms with Crippen LogP contribution in [-0.4, -0.2) is 37.1 Å². The van der Waals surface area contributed by atoms with E-state index in [1.54, 1.807) is 0 Å². The summed E-state index contributed by atoms with van der Waals surface area (Å²) in [5, 5.41) is 0.991. The van der Waals surface area contributed by atoms with Crippen LogP contribution < -0.4 is 4.74 Å². The molecule has 0 spiro atoms. The Kier molecular flexibility index (Phi) is 9.39.